The van der Waals surface area contributed by atoms with Crippen molar-refractivity contribution in [3.8, 4) is 0 Å². The van der Waals surface area contributed by atoms with Crippen LogP contribution in [0, 0.1) is 16.6 Å². The van der Waals surface area contributed by atoms with Gasteiger partial charge in [-0.2, -0.15) is 4.99 Å². The molecule has 33 heavy (non-hydrogen) atoms. The van der Waals surface area contributed by atoms with Crippen molar-refractivity contribution in [1.29, 1.82) is 5.41 Å². The maximum Gasteiger partial charge on any atom is 0.317 e. The third-order valence-electron chi connectivity index (χ3n) is 4.63. The lowest BCUT2D eigenvalue weighted by Gasteiger charge is -2.22. The molecule has 0 aliphatic heterocycles. The number of ether oxygens (including phenoxy) is 1. The number of nitrogens with one attached hydrogen (secondary N) is 2. The molecular formula is C22H27FN6O4. The van der Waals surface area contributed by atoms with Gasteiger partial charge in [0.1, 0.15) is 23.2 Å². The van der Waals surface area contributed by atoms with Crippen LogP contribution in [-0.4, -0.2) is 34.4 Å². The van der Waals surface area contributed by atoms with Crippen molar-refractivity contribution >= 4 is 23.2 Å². The number of halogens is 1. The van der Waals surface area contributed by atoms with Crippen LogP contribution in [0.25, 0.3) is 5.70 Å². The third kappa shape index (κ3) is 6.42. The first-order chi connectivity index (χ1) is 15.6. The van der Waals surface area contributed by atoms with Crippen LogP contribution < -0.4 is 16.8 Å². The molecule has 0 aliphatic rings. The van der Waals surface area contributed by atoms with Crippen molar-refractivity contribution in [3.05, 3.63) is 71.3 Å². The van der Waals surface area contributed by atoms with Crippen LogP contribution in [0.2, 0.25) is 0 Å². The predicted octanol–water partition coefficient (Wildman–Crippen LogP) is 2.60. The molecule has 0 spiro atoms. The predicted molar refractivity (Wildman–Crippen MR) is 121 cm³/mol. The SMILES string of the molecule is CCOC(=O)C(C)(C)/C(N)=C(O)/N=C(\N)C(=N)/C=C(\NCc1ccccc1F)c1ccon1. The topological polar surface area (TPSA) is 173 Å². The molecule has 1 aromatic carbocycles. The molecule has 1 heterocycles. The molecule has 2 rings (SSSR count). The summed E-state index contributed by atoms with van der Waals surface area (Å²) in [6.07, 6.45) is 2.62. The fraction of sp³-hybridized carbons (Fsp3) is 0.273. The molecular weight excluding hydrogens is 431 g/mol. The normalized spacial score (nSPS) is 13.3. The Bertz CT molecular complexity index is 1090. The number of esters is 1. The van der Waals surface area contributed by atoms with E-state index < -0.39 is 23.1 Å². The Labute approximate surface area is 190 Å². The number of hydrogen-bond acceptors (Lipinski definition) is 9. The zero-order valence-corrected chi connectivity index (χ0v) is 18.6. The molecule has 0 aliphatic carbocycles. The Balaban J connectivity index is 2.29. The summed E-state index contributed by atoms with van der Waals surface area (Å²) in [6, 6.07) is 7.76. The fourth-order valence-electron chi connectivity index (χ4n) is 2.55. The van der Waals surface area contributed by atoms with Gasteiger partial charge in [-0.1, -0.05) is 23.4 Å². The van der Waals surface area contributed by atoms with Gasteiger partial charge in [0.05, 0.1) is 23.7 Å². The first kappa shape index (κ1) is 25.1. The largest absolute Gasteiger partial charge is 0.492 e. The molecule has 0 saturated heterocycles. The van der Waals surface area contributed by atoms with E-state index in [1.807, 2.05) is 0 Å². The van der Waals surface area contributed by atoms with Crippen LogP contribution in [0.5, 0.6) is 0 Å². The highest BCUT2D eigenvalue weighted by Crippen LogP contribution is 2.26. The second-order valence-corrected chi connectivity index (χ2v) is 7.38. The number of amidine groups is 1. The van der Waals surface area contributed by atoms with Gasteiger partial charge in [-0.25, -0.2) is 4.39 Å². The Morgan fingerprint density at radius 1 is 1.36 bits per heavy atom. The molecule has 0 atom stereocenters. The van der Waals surface area contributed by atoms with E-state index in [1.54, 1.807) is 25.1 Å². The first-order valence-corrected chi connectivity index (χ1v) is 9.97. The number of rotatable bonds is 10. The van der Waals surface area contributed by atoms with Crippen molar-refractivity contribution in [1.82, 2.24) is 10.5 Å². The maximum atomic E-state index is 13.9. The second-order valence-electron chi connectivity index (χ2n) is 7.38. The molecule has 0 unspecified atom stereocenters. The van der Waals surface area contributed by atoms with Crippen molar-refractivity contribution in [2.24, 2.45) is 21.9 Å². The molecule has 10 nitrogen and oxygen atoms in total. The van der Waals surface area contributed by atoms with Crippen LogP contribution in [0.1, 0.15) is 32.0 Å². The standard InChI is InChI=1S/C22H27FN6O4/c1-4-32-21(31)22(2,3)18(25)20(30)28-19(26)15(24)11-17(16-9-10-33-29-16)27-12-13-7-5-6-8-14(13)23/h5-11,24,27,30H,4,12,25H2,1-3H3,(H2,26,28)/b17-11-,20-18+,24-15?. The van der Waals surface area contributed by atoms with Gasteiger partial charge in [0.25, 0.3) is 0 Å². The minimum atomic E-state index is -1.37. The van der Waals surface area contributed by atoms with Crippen molar-refractivity contribution < 1.29 is 23.6 Å². The summed E-state index contributed by atoms with van der Waals surface area (Å²) in [4.78, 5) is 15.8. The lowest BCUT2D eigenvalue weighted by Crippen LogP contribution is -2.34. The molecule has 11 heteroatoms. The highest BCUT2D eigenvalue weighted by Gasteiger charge is 2.35. The number of hydrogen-bond donors (Lipinski definition) is 5. The van der Waals surface area contributed by atoms with Gasteiger partial charge in [0.2, 0.25) is 5.88 Å². The maximum absolute atomic E-state index is 13.9. The Kier molecular flexibility index (Phi) is 8.32. The number of carbonyl (C=O) groups is 1. The first-order valence-electron chi connectivity index (χ1n) is 9.97. The van der Waals surface area contributed by atoms with Crippen molar-refractivity contribution in [2.45, 2.75) is 27.3 Å². The molecule has 1 aromatic heterocycles. The Morgan fingerprint density at radius 3 is 2.67 bits per heavy atom. The number of benzene rings is 1. The number of nitrogens with two attached hydrogens (primary N) is 2. The van der Waals surface area contributed by atoms with E-state index in [-0.39, 0.29) is 30.4 Å². The summed E-state index contributed by atoms with van der Waals surface area (Å²) >= 11 is 0. The molecule has 2 aromatic rings. The molecule has 0 fully saturated rings. The van der Waals surface area contributed by atoms with E-state index in [4.69, 9.17) is 26.1 Å². The van der Waals surface area contributed by atoms with Crippen LogP contribution >= 0.6 is 0 Å². The van der Waals surface area contributed by atoms with E-state index in [0.29, 0.717) is 17.0 Å². The summed E-state index contributed by atoms with van der Waals surface area (Å²) in [7, 11) is 0. The monoisotopic (exact) mass is 458 g/mol. The minimum absolute atomic E-state index is 0.0987. The van der Waals surface area contributed by atoms with Crippen molar-refractivity contribution in [3.63, 3.8) is 0 Å². The highest BCUT2D eigenvalue weighted by molar-refractivity contribution is 6.45. The average molecular weight is 458 g/mol. The summed E-state index contributed by atoms with van der Waals surface area (Å²) in [5, 5.41) is 25.3. The third-order valence-corrected chi connectivity index (χ3v) is 4.63. The quantitative estimate of drug-likeness (QED) is 0.156. The summed E-state index contributed by atoms with van der Waals surface area (Å²) in [5.74, 6) is -2.14. The van der Waals surface area contributed by atoms with Crippen LogP contribution in [0.4, 0.5) is 4.39 Å². The Hall–Kier alpha value is -4.15. The second kappa shape index (κ2) is 10.9. The molecule has 176 valence electrons. The number of nitrogens with zero attached hydrogens (tertiary/aromatic N) is 2. The summed E-state index contributed by atoms with van der Waals surface area (Å²) in [6.45, 7) is 4.80. The van der Waals surface area contributed by atoms with E-state index in [2.05, 4.69) is 15.5 Å². The van der Waals surface area contributed by atoms with E-state index in [0.717, 1.165) is 0 Å². The van der Waals surface area contributed by atoms with Crippen LogP contribution in [0.3, 0.4) is 0 Å². The van der Waals surface area contributed by atoms with Gasteiger partial charge in [0, 0.05) is 18.2 Å². The highest BCUT2D eigenvalue weighted by atomic mass is 19.1. The number of aliphatic hydroxyl groups is 1. The summed E-state index contributed by atoms with van der Waals surface area (Å²) < 4.78 is 23.7. The number of aliphatic hydroxyl groups excluding tert-OH is 1. The van der Waals surface area contributed by atoms with Gasteiger partial charge in [0.15, 0.2) is 5.84 Å². The molecule has 0 radical (unpaired) electrons. The van der Waals surface area contributed by atoms with Gasteiger partial charge in [-0.3, -0.25) is 10.2 Å². The van der Waals surface area contributed by atoms with E-state index in [1.165, 1.54) is 38.3 Å². The zero-order chi connectivity index (χ0) is 24.6. The van der Waals surface area contributed by atoms with Crippen molar-refractivity contribution in [2.75, 3.05) is 6.61 Å². The van der Waals surface area contributed by atoms with E-state index >= 15 is 0 Å². The van der Waals surface area contributed by atoms with Gasteiger partial charge in [-0.15, -0.1) is 0 Å². The molecule has 0 amide bonds. The van der Waals surface area contributed by atoms with Gasteiger partial charge < -0.3 is 31.2 Å². The van der Waals surface area contributed by atoms with Crippen LogP contribution in [-0.2, 0) is 16.1 Å². The lowest BCUT2D eigenvalue weighted by molar-refractivity contribution is -0.151. The van der Waals surface area contributed by atoms with Gasteiger partial charge >= 0.3 is 5.97 Å². The Morgan fingerprint density at radius 2 is 2.06 bits per heavy atom. The summed E-state index contributed by atoms with van der Waals surface area (Å²) in [5.41, 5.74) is 10.8. The molecule has 7 N–H and O–H groups in total. The zero-order valence-electron chi connectivity index (χ0n) is 18.6. The number of aliphatic imine (C=N–C) groups is 1. The molecule has 0 bridgehead atoms. The number of aromatic nitrogens is 1. The molecule has 0 saturated carbocycles. The van der Waals surface area contributed by atoms with Crippen LogP contribution in [0.15, 0.2) is 63.8 Å². The van der Waals surface area contributed by atoms with E-state index in [9.17, 15) is 14.3 Å². The smallest absolute Gasteiger partial charge is 0.317 e. The average Bonchev–Trinajstić information content (AvgIpc) is 3.31. The fourth-order valence-corrected chi connectivity index (χ4v) is 2.55. The van der Waals surface area contributed by atoms with Gasteiger partial charge in [-0.05, 0) is 32.9 Å². The number of carbonyl (C=O) groups excluding carboxylic acids is 1. The lowest BCUT2D eigenvalue weighted by atomic mass is 9.89. The minimum Gasteiger partial charge on any atom is -0.492 e.